The molecule has 4 rings (SSSR count). The van der Waals surface area contributed by atoms with Gasteiger partial charge >= 0.3 is 5.97 Å². The van der Waals surface area contributed by atoms with E-state index >= 15 is 0 Å². The lowest BCUT2D eigenvalue weighted by Crippen LogP contribution is -2.33. The lowest BCUT2D eigenvalue weighted by atomic mass is 10.1. The Morgan fingerprint density at radius 3 is 2.38 bits per heavy atom. The Balaban J connectivity index is 1.48. The minimum absolute atomic E-state index is 0.245. The van der Waals surface area contributed by atoms with Crippen molar-refractivity contribution in [1.82, 2.24) is 25.1 Å². The molecule has 1 aliphatic heterocycles. The average Bonchev–Trinajstić information content (AvgIpc) is 3.29. The lowest BCUT2D eigenvalue weighted by Gasteiger charge is -2.14. The van der Waals surface area contributed by atoms with E-state index in [4.69, 9.17) is 4.74 Å². The summed E-state index contributed by atoms with van der Waals surface area (Å²) in [7, 11) is 0. The molecule has 0 atom stereocenters. The molecule has 0 N–H and O–H groups in total. The van der Waals surface area contributed by atoms with Crippen molar-refractivity contribution in [2.24, 2.45) is 0 Å². The summed E-state index contributed by atoms with van der Waals surface area (Å²) >= 11 is 0. The minimum Gasteiger partial charge on any atom is -0.440 e. The number of hydrogen-bond donors (Lipinski definition) is 0. The second-order valence-corrected chi connectivity index (χ2v) is 5.45. The summed E-state index contributed by atoms with van der Waals surface area (Å²) in [5.74, 6) is -1.64. The van der Waals surface area contributed by atoms with Gasteiger partial charge in [-0.05, 0) is 40.8 Å². The molecule has 9 nitrogen and oxygen atoms in total. The van der Waals surface area contributed by atoms with E-state index in [9.17, 15) is 14.4 Å². The average molecular weight is 349 g/mol. The number of benzene rings is 2. The number of rotatable bonds is 4. The molecule has 0 radical (unpaired) electrons. The molecule has 26 heavy (non-hydrogen) atoms. The van der Waals surface area contributed by atoms with E-state index in [1.165, 1.54) is 11.0 Å². The van der Waals surface area contributed by atoms with Crippen molar-refractivity contribution in [3.05, 3.63) is 71.5 Å². The third-order valence-electron chi connectivity index (χ3n) is 3.90. The van der Waals surface area contributed by atoms with Crippen LogP contribution >= 0.6 is 0 Å². The molecule has 128 valence electrons. The summed E-state index contributed by atoms with van der Waals surface area (Å²) in [6.45, 7) is -0.458. The van der Waals surface area contributed by atoms with E-state index in [0.29, 0.717) is 16.8 Å². The predicted octanol–water partition coefficient (Wildman–Crippen LogP) is 1.07. The molecule has 0 saturated heterocycles. The molecule has 0 saturated carbocycles. The first-order chi connectivity index (χ1) is 12.6. The molecule has 2 aromatic carbocycles. The van der Waals surface area contributed by atoms with Crippen molar-refractivity contribution in [1.29, 1.82) is 0 Å². The Kier molecular flexibility index (Phi) is 3.73. The zero-order chi connectivity index (χ0) is 18.1. The number of carbonyl (C=O) groups excluding carboxylic acids is 3. The van der Waals surface area contributed by atoms with Gasteiger partial charge < -0.3 is 4.74 Å². The van der Waals surface area contributed by atoms with Crippen LogP contribution in [0.25, 0.3) is 5.69 Å². The number of tetrazole rings is 1. The fraction of sp³-hybridized carbons (Fsp3) is 0.0588. The molecule has 0 spiro atoms. The molecular formula is C17H11N5O4. The first kappa shape index (κ1) is 15.6. The number of esters is 1. The predicted molar refractivity (Wildman–Crippen MR) is 86.4 cm³/mol. The zero-order valence-corrected chi connectivity index (χ0v) is 13.3. The van der Waals surface area contributed by atoms with Gasteiger partial charge in [0, 0.05) is 0 Å². The maximum Gasteiger partial charge on any atom is 0.339 e. The Morgan fingerprint density at radius 1 is 1.00 bits per heavy atom. The van der Waals surface area contributed by atoms with E-state index in [0.717, 1.165) is 4.90 Å². The molecule has 9 heteroatoms. The van der Waals surface area contributed by atoms with Crippen LogP contribution in [0.5, 0.6) is 0 Å². The maximum absolute atomic E-state index is 12.3. The molecule has 0 unspecified atom stereocenters. The van der Waals surface area contributed by atoms with Gasteiger partial charge in [0.1, 0.15) is 6.33 Å². The second kappa shape index (κ2) is 6.20. The van der Waals surface area contributed by atoms with E-state index in [2.05, 4.69) is 15.5 Å². The van der Waals surface area contributed by atoms with Crippen molar-refractivity contribution < 1.29 is 19.1 Å². The summed E-state index contributed by atoms with van der Waals surface area (Å²) in [5, 5.41) is 10.8. The van der Waals surface area contributed by atoms with Crippen LogP contribution in [0, 0.1) is 0 Å². The van der Waals surface area contributed by atoms with Gasteiger partial charge in [0.15, 0.2) is 6.73 Å². The van der Waals surface area contributed by atoms with Crippen LogP contribution in [0.4, 0.5) is 0 Å². The molecular weight excluding hydrogens is 338 g/mol. The normalized spacial score (nSPS) is 13.0. The highest BCUT2D eigenvalue weighted by Crippen LogP contribution is 2.22. The smallest absolute Gasteiger partial charge is 0.339 e. The van der Waals surface area contributed by atoms with Crippen molar-refractivity contribution >= 4 is 17.8 Å². The number of hydrogen-bond acceptors (Lipinski definition) is 7. The quantitative estimate of drug-likeness (QED) is 0.512. The summed E-state index contributed by atoms with van der Waals surface area (Å²) in [6.07, 6.45) is 1.39. The van der Waals surface area contributed by atoms with Crippen molar-refractivity contribution in [2.75, 3.05) is 6.73 Å². The van der Waals surface area contributed by atoms with Crippen molar-refractivity contribution in [2.45, 2.75) is 0 Å². The molecule has 1 aliphatic rings. The first-order valence-corrected chi connectivity index (χ1v) is 7.61. The molecule has 0 bridgehead atoms. The number of carbonyl (C=O) groups is 3. The van der Waals surface area contributed by atoms with Gasteiger partial charge in [-0.3, -0.25) is 9.59 Å². The van der Waals surface area contributed by atoms with Crippen LogP contribution in [0.2, 0.25) is 0 Å². The third-order valence-corrected chi connectivity index (χ3v) is 3.90. The van der Waals surface area contributed by atoms with E-state index in [1.54, 1.807) is 48.5 Å². The summed E-state index contributed by atoms with van der Waals surface area (Å²) in [5.41, 5.74) is 1.42. The third kappa shape index (κ3) is 2.61. The molecule has 2 amide bonds. The number of amides is 2. The van der Waals surface area contributed by atoms with Gasteiger partial charge in [-0.25, -0.2) is 14.4 Å². The second-order valence-electron chi connectivity index (χ2n) is 5.45. The monoisotopic (exact) mass is 349 g/mol. The van der Waals surface area contributed by atoms with Gasteiger partial charge in [0.25, 0.3) is 11.8 Å². The van der Waals surface area contributed by atoms with E-state index in [-0.39, 0.29) is 5.56 Å². The van der Waals surface area contributed by atoms with Crippen molar-refractivity contribution in [3.8, 4) is 5.69 Å². The summed E-state index contributed by atoms with van der Waals surface area (Å²) < 4.78 is 6.53. The standard InChI is InChI=1S/C17H11N5O4/c23-15-13-6-1-2-7-14(13)16(24)21(15)10-26-17(25)11-4-3-5-12(8-11)22-9-18-19-20-22/h1-9H,10H2. The topological polar surface area (TPSA) is 107 Å². The highest BCUT2D eigenvalue weighted by molar-refractivity contribution is 6.21. The van der Waals surface area contributed by atoms with Crippen LogP contribution in [-0.4, -0.2) is 49.6 Å². The number of aromatic nitrogens is 4. The van der Waals surface area contributed by atoms with Crippen LogP contribution < -0.4 is 0 Å². The van der Waals surface area contributed by atoms with Crippen LogP contribution in [0.15, 0.2) is 54.9 Å². The molecule has 0 aliphatic carbocycles. The highest BCUT2D eigenvalue weighted by atomic mass is 16.5. The van der Waals surface area contributed by atoms with Crippen LogP contribution in [-0.2, 0) is 4.74 Å². The number of imide groups is 1. The lowest BCUT2D eigenvalue weighted by molar-refractivity contribution is 0.0228. The fourth-order valence-corrected chi connectivity index (χ4v) is 2.62. The molecule has 2 heterocycles. The fourth-order valence-electron chi connectivity index (χ4n) is 2.62. The molecule has 1 aromatic heterocycles. The van der Waals surface area contributed by atoms with Crippen molar-refractivity contribution in [3.63, 3.8) is 0 Å². The number of nitrogens with zero attached hydrogens (tertiary/aromatic N) is 5. The maximum atomic E-state index is 12.3. The first-order valence-electron chi connectivity index (χ1n) is 7.61. The van der Waals surface area contributed by atoms with Gasteiger partial charge in [-0.1, -0.05) is 18.2 Å². The van der Waals surface area contributed by atoms with Gasteiger partial charge in [0.05, 0.1) is 22.4 Å². The molecule has 3 aromatic rings. The number of ether oxygens (including phenoxy) is 1. The Hall–Kier alpha value is -3.88. The van der Waals surface area contributed by atoms with E-state index < -0.39 is 24.5 Å². The summed E-state index contributed by atoms with van der Waals surface area (Å²) in [6, 6.07) is 12.9. The number of fused-ring (bicyclic) bond motifs is 1. The zero-order valence-electron chi connectivity index (χ0n) is 13.3. The molecule has 0 fully saturated rings. The van der Waals surface area contributed by atoms with Gasteiger partial charge in [-0.15, -0.1) is 5.10 Å². The Morgan fingerprint density at radius 2 is 1.73 bits per heavy atom. The largest absolute Gasteiger partial charge is 0.440 e. The van der Waals surface area contributed by atoms with Gasteiger partial charge in [0.2, 0.25) is 0 Å². The van der Waals surface area contributed by atoms with Crippen LogP contribution in [0.3, 0.4) is 0 Å². The highest BCUT2D eigenvalue weighted by Gasteiger charge is 2.35. The van der Waals surface area contributed by atoms with Crippen LogP contribution in [0.1, 0.15) is 31.1 Å². The van der Waals surface area contributed by atoms with Gasteiger partial charge in [-0.2, -0.15) is 0 Å². The Bertz CT molecular complexity index is 981. The minimum atomic E-state index is -0.670. The SMILES string of the molecule is O=C(OCN1C(=O)c2ccccc2C1=O)c1cccc(-n2cnnn2)c1. The summed E-state index contributed by atoms with van der Waals surface area (Å²) in [4.78, 5) is 37.7. The Labute approximate surface area is 146 Å². The van der Waals surface area contributed by atoms with E-state index in [1.807, 2.05) is 0 Å².